The number of carbonyl (C=O) groups excluding carboxylic acids is 1. The summed E-state index contributed by atoms with van der Waals surface area (Å²) >= 11 is 0. The van der Waals surface area contributed by atoms with Crippen LogP contribution in [0, 0.1) is 5.82 Å². The van der Waals surface area contributed by atoms with Gasteiger partial charge in [-0.15, -0.1) is 0 Å². The molecule has 122 valence electrons. The lowest BCUT2D eigenvalue weighted by Crippen LogP contribution is -2.28. The minimum atomic E-state index is -0.604. The Morgan fingerprint density at radius 3 is 2.75 bits per heavy atom. The number of H-pyrrole nitrogens is 1. The van der Waals surface area contributed by atoms with Crippen molar-refractivity contribution in [2.24, 2.45) is 0 Å². The molecule has 1 saturated carbocycles. The summed E-state index contributed by atoms with van der Waals surface area (Å²) in [5.41, 5.74) is 1.50. The number of fused-ring (bicyclic) bond motifs is 1. The third kappa shape index (κ3) is 2.24. The fourth-order valence-corrected chi connectivity index (χ4v) is 3.17. The number of carbonyl (C=O) groups is 1. The van der Waals surface area contributed by atoms with Crippen molar-refractivity contribution in [2.75, 3.05) is 12.4 Å². The molecule has 0 bridgehead atoms. The molecule has 5 heteroatoms. The minimum absolute atomic E-state index is 0.170. The van der Waals surface area contributed by atoms with Gasteiger partial charge in [0.05, 0.1) is 18.2 Å². The van der Waals surface area contributed by atoms with Crippen LogP contribution in [0.4, 0.5) is 10.1 Å². The zero-order valence-corrected chi connectivity index (χ0v) is 13.2. The van der Waals surface area contributed by atoms with Crippen LogP contribution in [0.15, 0.2) is 48.7 Å². The third-order valence-electron chi connectivity index (χ3n) is 4.71. The van der Waals surface area contributed by atoms with E-state index in [4.69, 9.17) is 4.74 Å². The lowest BCUT2D eigenvalue weighted by molar-refractivity contribution is -0.118. The molecule has 0 aliphatic heterocycles. The van der Waals surface area contributed by atoms with E-state index in [9.17, 15) is 9.18 Å². The highest BCUT2D eigenvalue weighted by Crippen LogP contribution is 2.51. The molecular formula is C19H17FN2O2. The van der Waals surface area contributed by atoms with Gasteiger partial charge in [0, 0.05) is 17.1 Å². The molecule has 1 aromatic heterocycles. The molecule has 0 radical (unpaired) electrons. The highest BCUT2D eigenvalue weighted by atomic mass is 19.1. The second kappa shape index (κ2) is 5.37. The normalized spacial score (nSPS) is 15.2. The van der Waals surface area contributed by atoms with Gasteiger partial charge in [0.15, 0.2) is 0 Å². The zero-order valence-electron chi connectivity index (χ0n) is 13.2. The maximum absolute atomic E-state index is 13.8. The van der Waals surface area contributed by atoms with E-state index < -0.39 is 11.2 Å². The SMILES string of the molecule is COc1ccc2[nH]cc(C3(C(=O)Nc4ccccc4F)CC3)c2c1. The first-order valence-electron chi connectivity index (χ1n) is 7.86. The number of ether oxygens (including phenoxy) is 1. The van der Waals surface area contributed by atoms with E-state index in [0.717, 1.165) is 35.1 Å². The van der Waals surface area contributed by atoms with E-state index in [0.29, 0.717) is 0 Å². The first-order chi connectivity index (χ1) is 11.6. The van der Waals surface area contributed by atoms with Crippen molar-refractivity contribution in [3.63, 3.8) is 0 Å². The van der Waals surface area contributed by atoms with Crippen molar-refractivity contribution < 1.29 is 13.9 Å². The lowest BCUT2D eigenvalue weighted by atomic mass is 9.94. The fourth-order valence-electron chi connectivity index (χ4n) is 3.17. The fraction of sp³-hybridized carbons (Fsp3) is 0.211. The monoisotopic (exact) mass is 324 g/mol. The van der Waals surface area contributed by atoms with Crippen LogP contribution < -0.4 is 10.1 Å². The smallest absolute Gasteiger partial charge is 0.235 e. The topological polar surface area (TPSA) is 54.1 Å². The average molecular weight is 324 g/mol. The molecule has 1 aliphatic carbocycles. The maximum atomic E-state index is 13.8. The van der Waals surface area contributed by atoms with E-state index in [1.165, 1.54) is 6.07 Å². The summed E-state index contributed by atoms with van der Waals surface area (Å²) in [6, 6.07) is 12.0. The predicted molar refractivity (Wildman–Crippen MR) is 90.8 cm³/mol. The number of nitrogens with one attached hydrogen (secondary N) is 2. The molecule has 0 spiro atoms. The molecule has 4 nitrogen and oxygen atoms in total. The highest BCUT2D eigenvalue weighted by Gasteiger charge is 2.52. The Hall–Kier alpha value is -2.82. The van der Waals surface area contributed by atoms with Crippen LogP contribution in [0.2, 0.25) is 0 Å². The summed E-state index contributed by atoms with van der Waals surface area (Å²) in [5, 5.41) is 3.70. The number of para-hydroxylation sites is 1. The van der Waals surface area contributed by atoms with Gasteiger partial charge in [0.1, 0.15) is 11.6 Å². The van der Waals surface area contributed by atoms with Crippen LogP contribution in [0.5, 0.6) is 5.75 Å². The second-order valence-electron chi connectivity index (χ2n) is 6.13. The van der Waals surface area contributed by atoms with Crippen LogP contribution in [-0.2, 0) is 10.2 Å². The number of benzene rings is 2. The lowest BCUT2D eigenvalue weighted by Gasteiger charge is -2.15. The second-order valence-corrected chi connectivity index (χ2v) is 6.13. The number of anilines is 1. The molecule has 0 unspecified atom stereocenters. The van der Waals surface area contributed by atoms with Crippen molar-refractivity contribution >= 4 is 22.5 Å². The molecule has 2 N–H and O–H groups in total. The third-order valence-corrected chi connectivity index (χ3v) is 4.71. The summed E-state index contributed by atoms with van der Waals surface area (Å²) in [6.07, 6.45) is 3.37. The Morgan fingerprint density at radius 1 is 1.25 bits per heavy atom. The molecule has 4 rings (SSSR count). The van der Waals surface area contributed by atoms with Crippen LogP contribution >= 0.6 is 0 Å². The van der Waals surface area contributed by atoms with Crippen molar-refractivity contribution in [1.82, 2.24) is 4.98 Å². The predicted octanol–water partition coefficient (Wildman–Crippen LogP) is 3.99. The molecule has 1 heterocycles. The summed E-state index contributed by atoms with van der Waals surface area (Å²) < 4.78 is 19.1. The van der Waals surface area contributed by atoms with Crippen molar-refractivity contribution in [3.8, 4) is 5.75 Å². The number of aromatic amines is 1. The van der Waals surface area contributed by atoms with E-state index >= 15 is 0 Å². The molecule has 0 saturated heterocycles. The summed E-state index contributed by atoms with van der Waals surface area (Å²) in [7, 11) is 1.62. The Kier molecular flexibility index (Phi) is 3.30. The van der Waals surface area contributed by atoms with Gasteiger partial charge in [0.2, 0.25) is 5.91 Å². The quantitative estimate of drug-likeness (QED) is 0.762. The van der Waals surface area contributed by atoms with Crippen molar-refractivity contribution in [2.45, 2.75) is 18.3 Å². The van der Waals surface area contributed by atoms with Crippen LogP contribution in [0.25, 0.3) is 10.9 Å². The van der Waals surface area contributed by atoms with Gasteiger partial charge in [0.25, 0.3) is 0 Å². The van der Waals surface area contributed by atoms with Crippen molar-refractivity contribution in [3.05, 3.63) is 60.0 Å². The summed E-state index contributed by atoms with van der Waals surface area (Å²) in [6.45, 7) is 0. The molecule has 0 atom stereocenters. The van der Waals surface area contributed by atoms with Gasteiger partial charge in [-0.25, -0.2) is 4.39 Å². The number of rotatable bonds is 4. The number of aromatic nitrogens is 1. The number of hydrogen-bond donors (Lipinski definition) is 2. The van der Waals surface area contributed by atoms with Gasteiger partial charge in [-0.05, 0) is 48.7 Å². The zero-order chi connectivity index (χ0) is 16.7. The molecule has 1 aliphatic rings. The standard InChI is InChI=1S/C19H17FN2O2/c1-24-12-6-7-16-13(10-12)14(11-21-16)19(8-9-19)18(23)22-17-5-3-2-4-15(17)20/h2-7,10-11,21H,8-9H2,1H3,(H,22,23). The van der Waals surface area contributed by atoms with E-state index in [-0.39, 0.29) is 11.6 Å². The van der Waals surface area contributed by atoms with Crippen LogP contribution in [0.3, 0.4) is 0 Å². The van der Waals surface area contributed by atoms with E-state index in [1.54, 1.807) is 25.3 Å². The number of halogens is 1. The largest absolute Gasteiger partial charge is 0.497 e. The van der Waals surface area contributed by atoms with Gasteiger partial charge in [-0.3, -0.25) is 4.79 Å². The van der Waals surface area contributed by atoms with Gasteiger partial charge >= 0.3 is 0 Å². The molecule has 1 fully saturated rings. The molecule has 2 aromatic carbocycles. The highest BCUT2D eigenvalue weighted by molar-refractivity contribution is 6.04. The Bertz CT molecular complexity index is 928. The Labute approximate surface area is 138 Å². The Morgan fingerprint density at radius 2 is 2.04 bits per heavy atom. The first kappa shape index (κ1) is 14.8. The number of methoxy groups -OCH3 is 1. The van der Waals surface area contributed by atoms with Gasteiger partial charge < -0.3 is 15.0 Å². The molecular weight excluding hydrogens is 307 g/mol. The first-order valence-corrected chi connectivity index (χ1v) is 7.86. The summed E-state index contributed by atoms with van der Waals surface area (Å²) in [5.74, 6) is 0.146. The minimum Gasteiger partial charge on any atom is -0.497 e. The van der Waals surface area contributed by atoms with Gasteiger partial charge in [-0.2, -0.15) is 0 Å². The molecule has 3 aromatic rings. The van der Waals surface area contributed by atoms with Crippen LogP contribution in [0.1, 0.15) is 18.4 Å². The summed E-state index contributed by atoms with van der Waals surface area (Å²) in [4.78, 5) is 16.0. The molecule has 24 heavy (non-hydrogen) atoms. The number of amides is 1. The van der Waals surface area contributed by atoms with Crippen LogP contribution in [-0.4, -0.2) is 18.0 Å². The maximum Gasteiger partial charge on any atom is 0.235 e. The van der Waals surface area contributed by atoms with Crippen molar-refractivity contribution in [1.29, 1.82) is 0 Å². The Balaban J connectivity index is 1.70. The number of hydrogen-bond acceptors (Lipinski definition) is 2. The van der Waals surface area contributed by atoms with Gasteiger partial charge in [-0.1, -0.05) is 12.1 Å². The molecule has 1 amide bonds. The average Bonchev–Trinajstić information content (AvgIpc) is 3.30. The van der Waals surface area contributed by atoms with E-state index in [2.05, 4.69) is 10.3 Å². The van der Waals surface area contributed by atoms with E-state index in [1.807, 2.05) is 24.4 Å².